The van der Waals surface area contributed by atoms with E-state index in [4.69, 9.17) is 0 Å². The lowest BCUT2D eigenvalue weighted by Crippen LogP contribution is -2.29. The highest BCUT2D eigenvalue weighted by atomic mass is 16.4. The quantitative estimate of drug-likeness (QED) is 0.272. The van der Waals surface area contributed by atoms with E-state index in [-0.39, 0.29) is 17.3 Å². The molecule has 0 aliphatic carbocycles. The highest BCUT2D eigenvalue weighted by Gasteiger charge is 2.34. The number of nitrogens with zero attached hydrogens (tertiary/aromatic N) is 1. The number of carbonyl (C=O) groups is 3. The van der Waals surface area contributed by atoms with Crippen LogP contribution in [0.3, 0.4) is 0 Å². The van der Waals surface area contributed by atoms with Gasteiger partial charge in [0, 0.05) is 30.2 Å². The molecule has 3 amide bonds. The number of carboxylic acids is 1. The summed E-state index contributed by atoms with van der Waals surface area (Å²) >= 11 is 0. The van der Waals surface area contributed by atoms with Gasteiger partial charge in [0.1, 0.15) is 5.82 Å². The summed E-state index contributed by atoms with van der Waals surface area (Å²) in [7, 11) is 0. The van der Waals surface area contributed by atoms with E-state index >= 15 is 0 Å². The van der Waals surface area contributed by atoms with E-state index in [0.717, 1.165) is 11.3 Å². The predicted molar refractivity (Wildman–Crippen MR) is 141 cm³/mol. The molecule has 0 bridgehead atoms. The molecule has 0 aliphatic rings. The molecule has 0 saturated carbocycles. The highest BCUT2D eigenvalue weighted by Crippen LogP contribution is 2.35. The number of aromatic nitrogens is 1. The Hall–Kier alpha value is -4.40. The summed E-state index contributed by atoms with van der Waals surface area (Å²) in [6.07, 6.45) is 1.40. The first kappa shape index (κ1) is 26.2. The van der Waals surface area contributed by atoms with Crippen molar-refractivity contribution in [3.05, 3.63) is 78.0 Å². The van der Waals surface area contributed by atoms with Gasteiger partial charge >= 0.3 is 12.0 Å². The number of anilines is 4. The molecule has 9 nitrogen and oxygen atoms in total. The first-order valence-corrected chi connectivity index (χ1v) is 11.6. The lowest BCUT2D eigenvalue weighted by atomic mass is 9.76. The van der Waals surface area contributed by atoms with Crippen molar-refractivity contribution in [2.45, 2.75) is 33.6 Å². The van der Waals surface area contributed by atoms with Crippen LogP contribution in [-0.2, 0) is 4.79 Å². The van der Waals surface area contributed by atoms with E-state index in [1.54, 1.807) is 32.0 Å². The largest absolute Gasteiger partial charge is 0.481 e. The number of aliphatic carboxylic acids is 1. The van der Waals surface area contributed by atoms with E-state index < -0.39 is 23.3 Å². The number of urea groups is 1. The first-order chi connectivity index (χ1) is 17.1. The van der Waals surface area contributed by atoms with Crippen molar-refractivity contribution in [1.82, 2.24) is 10.3 Å². The summed E-state index contributed by atoms with van der Waals surface area (Å²) in [4.78, 5) is 40.9. The first-order valence-electron chi connectivity index (χ1n) is 11.6. The number of pyridine rings is 1. The fraction of sp³-hybridized carbons (Fsp3) is 0.259. The number of nitrogens with one attached hydrogen (secondary N) is 4. The Kier molecular flexibility index (Phi) is 8.26. The van der Waals surface area contributed by atoms with Gasteiger partial charge in [0.2, 0.25) is 0 Å². The molecule has 1 atom stereocenters. The molecule has 3 rings (SSSR count). The molecule has 0 spiro atoms. The van der Waals surface area contributed by atoms with Gasteiger partial charge in [0.25, 0.3) is 5.91 Å². The molecular formula is C27H31N5O4. The smallest absolute Gasteiger partial charge is 0.320 e. The molecule has 2 aromatic carbocycles. The standard InChI is InChI=1S/C27H31N5O4/c1-5-28-26(36)32-23-15-22(30-19-9-7-6-8-10-19)21(16-29-23)24(33)31-20-13-11-18(12-14-20)17(2)27(3,4)25(34)35/h6-17H,5H2,1-4H3,(H,31,33)(H,34,35)(H3,28,29,30,32,36). The second kappa shape index (κ2) is 11.4. The van der Waals surface area contributed by atoms with E-state index in [2.05, 4.69) is 26.3 Å². The van der Waals surface area contributed by atoms with Crippen molar-refractivity contribution >= 4 is 40.8 Å². The predicted octanol–water partition coefficient (Wildman–Crippen LogP) is 5.43. The third-order valence-corrected chi connectivity index (χ3v) is 6.08. The molecule has 0 aliphatic heterocycles. The van der Waals surface area contributed by atoms with Crippen LogP contribution >= 0.6 is 0 Å². The summed E-state index contributed by atoms with van der Waals surface area (Å²) in [5, 5.41) is 20.9. The van der Waals surface area contributed by atoms with Crippen LogP contribution in [0.25, 0.3) is 0 Å². The van der Waals surface area contributed by atoms with Gasteiger partial charge in [-0.1, -0.05) is 37.3 Å². The fourth-order valence-corrected chi connectivity index (χ4v) is 3.46. The Morgan fingerprint density at radius 2 is 1.64 bits per heavy atom. The molecule has 0 fully saturated rings. The molecular weight excluding hydrogens is 458 g/mol. The van der Waals surface area contributed by atoms with Crippen molar-refractivity contribution in [3.8, 4) is 0 Å². The molecule has 0 radical (unpaired) electrons. The lowest BCUT2D eigenvalue weighted by Gasteiger charge is -2.27. The maximum absolute atomic E-state index is 13.2. The summed E-state index contributed by atoms with van der Waals surface area (Å²) < 4.78 is 0. The van der Waals surface area contributed by atoms with Crippen molar-refractivity contribution in [1.29, 1.82) is 0 Å². The number of rotatable bonds is 9. The Morgan fingerprint density at radius 1 is 0.972 bits per heavy atom. The average Bonchev–Trinajstić information content (AvgIpc) is 2.85. The number of para-hydroxylation sites is 1. The second-order valence-corrected chi connectivity index (χ2v) is 8.92. The maximum Gasteiger partial charge on any atom is 0.320 e. The molecule has 5 N–H and O–H groups in total. The molecule has 0 saturated heterocycles. The zero-order chi connectivity index (χ0) is 26.3. The van der Waals surface area contributed by atoms with Gasteiger partial charge in [-0.3, -0.25) is 14.9 Å². The highest BCUT2D eigenvalue weighted by molar-refractivity contribution is 6.08. The lowest BCUT2D eigenvalue weighted by molar-refractivity contribution is -0.148. The number of carboxylic acid groups (broad SMARTS) is 1. The third kappa shape index (κ3) is 6.38. The molecule has 188 valence electrons. The summed E-state index contributed by atoms with van der Waals surface area (Å²) in [6.45, 7) is 7.52. The van der Waals surface area contributed by atoms with Crippen molar-refractivity contribution in [2.24, 2.45) is 5.41 Å². The third-order valence-electron chi connectivity index (χ3n) is 6.08. The minimum Gasteiger partial charge on any atom is -0.481 e. The maximum atomic E-state index is 13.2. The Labute approximate surface area is 210 Å². The summed E-state index contributed by atoms with van der Waals surface area (Å²) in [5.41, 5.74) is 1.99. The number of hydrogen-bond donors (Lipinski definition) is 5. The van der Waals surface area contributed by atoms with Crippen molar-refractivity contribution in [3.63, 3.8) is 0 Å². The number of benzene rings is 2. The van der Waals surface area contributed by atoms with Crippen molar-refractivity contribution < 1.29 is 19.5 Å². The summed E-state index contributed by atoms with van der Waals surface area (Å²) in [5.74, 6) is -1.20. The van der Waals surface area contributed by atoms with Gasteiger partial charge in [-0.2, -0.15) is 0 Å². The normalized spacial score (nSPS) is 11.8. The molecule has 1 unspecified atom stereocenters. The molecule has 3 aromatic rings. The van der Waals surface area contributed by atoms with E-state index in [1.165, 1.54) is 6.20 Å². The van der Waals surface area contributed by atoms with Crippen LogP contribution in [0, 0.1) is 5.41 Å². The summed E-state index contributed by atoms with van der Waals surface area (Å²) in [6, 6.07) is 17.6. The monoisotopic (exact) mass is 489 g/mol. The van der Waals surface area contributed by atoms with Crippen LogP contribution in [0.1, 0.15) is 49.5 Å². The van der Waals surface area contributed by atoms with Gasteiger partial charge in [0.05, 0.1) is 16.7 Å². The molecule has 36 heavy (non-hydrogen) atoms. The average molecular weight is 490 g/mol. The van der Waals surface area contributed by atoms with Crippen molar-refractivity contribution in [2.75, 3.05) is 22.5 Å². The van der Waals surface area contributed by atoms with E-state index in [1.807, 2.05) is 56.3 Å². The van der Waals surface area contributed by atoms with Gasteiger partial charge in [-0.05, 0) is 56.5 Å². The Morgan fingerprint density at radius 3 is 2.25 bits per heavy atom. The zero-order valence-corrected chi connectivity index (χ0v) is 20.8. The second-order valence-electron chi connectivity index (χ2n) is 8.92. The number of amides is 3. The molecule has 9 heteroatoms. The van der Waals surface area contributed by atoms with Crippen LogP contribution in [0.15, 0.2) is 66.9 Å². The Balaban J connectivity index is 1.83. The zero-order valence-electron chi connectivity index (χ0n) is 20.8. The topological polar surface area (TPSA) is 132 Å². The van der Waals surface area contributed by atoms with Crippen LogP contribution in [-0.4, -0.2) is 34.5 Å². The fourth-order valence-electron chi connectivity index (χ4n) is 3.46. The molecule has 1 aromatic heterocycles. The van der Waals surface area contributed by atoms with Gasteiger partial charge in [-0.15, -0.1) is 0 Å². The minimum absolute atomic E-state index is 0.226. The van der Waals surface area contributed by atoms with E-state index in [9.17, 15) is 19.5 Å². The Bertz CT molecular complexity index is 1230. The number of carbonyl (C=O) groups excluding carboxylic acids is 2. The van der Waals surface area contributed by atoms with Crippen LogP contribution in [0.5, 0.6) is 0 Å². The van der Waals surface area contributed by atoms with E-state index in [0.29, 0.717) is 17.9 Å². The van der Waals surface area contributed by atoms with Gasteiger partial charge < -0.3 is 21.1 Å². The minimum atomic E-state index is -0.932. The van der Waals surface area contributed by atoms with Crippen LogP contribution < -0.4 is 21.3 Å². The van der Waals surface area contributed by atoms with Crippen LogP contribution in [0.4, 0.5) is 27.7 Å². The number of hydrogen-bond acceptors (Lipinski definition) is 5. The van der Waals surface area contributed by atoms with Gasteiger partial charge in [-0.25, -0.2) is 9.78 Å². The van der Waals surface area contributed by atoms with Gasteiger partial charge in [0.15, 0.2) is 0 Å². The SMILES string of the molecule is CCNC(=O)Nc1cc(Nc2ccccc2)c(C(=O)Nc2ccc(C(C)C(C)(C)C(=O)O)cc2)cn1. The molecule has 1 heterocycles. The van der Waals surface area contributed by atoms with Crippen LogP contribution in [0.2, 0.25) is 0 Å².